The lowest BCUT2D eigenvalue weighted by molar-refractivity contribution is -0.117. The van der Waals surface area contributed by atoms with Crippen molar-refractivity contribution in [3.8, 4) is 0 Å². The number of amides is 2. The van der Waals surface area contributed by atoms with Gasteiger partial charge in [0, 0.05) is 29.2 Å². The van der Waals surface area contributed by atoms with E-state index in [1.54, 1.807) is 23.1 Å². The van der Waals surface area contributed by atoms with Crippen molar-refractivity contribution in [1.29, 1.82) is 0 Å². The summed E-state index contributed by atoms with van der Waals surface area (Å²) in [5.74, 6) is -1.42. The molecule has 0 aromatic heterocycles. The Balaban J connectivity index is 1.61. The SMILES string of the molecule is O=C(CSc1cc(F)ccc1F)Nc1cccc(N2CCCC2=O)c1. The fraction of sp³-hybridized carbons (Fsp3) is 0.222. The molecule has 0 radical (unpaired) electrons. The van der Waals surface area contributed by atoms with Crippen LogP contribution in [0.2, 0.25) is 0 Å². The Morgan fingerprint density at radius 3 is 2.80 bits per heavy atom. The second-order valence-corrected chi connectivity index (χ2v) is 6.63. The van der Waals surface area contributed by atoms with Gasteiger partial charge in [-0.05, 0) is 42.8 Å². The number of halogens is 2. The van der Waals surface area contributed by atoms with Crippen LogP contribution < -0.4 is 10.2 Å². The molecule has 3 rings (SSSR count). The minimum absolute atomic E-state index is 0.0484. The van der Waals surface area contributed by atoms with Crippen molar-refractivity contribution in [2.75, 3.05) is 22.5 Å². The minimum atomic E-state index is -0.561. The van der Waals surface area contributed by atoms with Gasteiger partial charge < -0.3 is 10.2 Å². The summed E-state index contributed by atoms with van der Waals surface area (Å²) in [5.41, 5.74) is 1.30. The molecule has 2 aromatic carbocycles. The third kappa shape index (κ3) is 4.36. The summed E-state index contributed by atoms with van der Waals surface area (Å²) in [4.78, 5) is 25.6. The van der Waals surface area contributed by atoms with E-state index in [9.17, 15) is 18.4 Å². The van der Waals surface area contributed by atoms with Gasteiger partial charge in [0.1, 0.15) is 11.6 Å². The van der Waals surface area contributed by atoms with Crippen LogP contribution in [0.5, 0.6) is 0 Å². The molecule has 1 aliphatic rings. The summed E-state index contributed by atoms with van der Waals surface area (Å²) in [5, 5.41) is 2.71. The molecule has 25 heavy (non-hydrogen) atoms. The first-order valence-electron chi connectivity index (χ1n) is 7.81. The number of carbonyl (C=O) groups excluding carboxylic acids is 2. The zero-order valence-corrected chi connectivity index (χ0v) is 14.1. The fourth-order valence-electron chi connectivity index (χ4n) is 2.60. The van der Waals surface area contributed by atoms with Crippen LogP contribution in [0.15, 0.2) is 47.4 Å². The number of nitrogens with one attached hydrogen (secondary N) is 1. The summed E-state index contributed by atoms with van der Waals surface area (Å²) in [6, 6.07) is 10.2. The Hall–Kier alpha value is -2.41. The molecule has 1 heterocycles. The van der Waals surface area contributed by atoms with Crippen LogP contribution in [0.4, 0.5) is 20.2 Å². The molecule has 1 fully saturated rings. The molecular weight excluding hydrogens is 346 g/mol. The number of nitrogens with zero attached hydrogens (tertiary/aromatic N) is 1. The average molecular weight is 362 g/mol. The first-order valence-corrected chi connectivity index (χ1v) is 8.79. The van der Waals surface area contributed by atoms with E-state index < -0.39 is 11.6 Å². The van der Waals surface area contributed by atoms with Crippen molar-refractivity contribution >= 4 is 35.0 Å². The van der Waals surface area contributed by atoms with Crippen LogP contribution in [0.25, 0.3) is 0 Å². The summed E-state index contributed by atoms with van der Waals surface area (Å²) in [6.45, 7) is 0.672. The van der Waals surface area contributed by atoms with Gasteiger partial charge >= 0.3 is 0 Å². The van der Waals surface area contributed by atoms with Crippen molar-refractivity contribution < 1.29 is 18.4 Å². The Kier molecular flexibility index (Phi) is 5.33. The lowest BCUT2D eigenvalue weighted by atomic mass is 10.2. The predicted molar refractivity (Wildman–Crippen MR) is 93.7 cm³/mol. The van der Waals surface area contributed by atoms with E-state index in [1.165, 1.54) is 0 Å². The first kappa shape index (κ1) is 17.4. The zero-order chi connectivity index (χ0) is 17.8. The number of benzene rings is 2. The first-order chi connectivity index (χ1) is 12.0. The van der Waals surface area contributed by atoms with Gasteiger partial charge in [0.25, 0.3) is 0 Å². The Morgan fingerprint density at radius 2 is 2.04 bits per heavy atom. The summed E-state index contributed by atoms with van der Waals surface area (Å²) >= 11 is 0.927. The molecule has 0 spiro atoms. The van der Waals surface area contributed by atoms with Crippen LogP contribution in [-0.4, -0.2) is 24.1 Å². The van der Waals surface area contributed by atoms with E-state index in [-0.39, 0.29) is 22.5 Å². The standard InChI is InChI=1S/C18H16F2N2O2S/c19-12-6-7-15(20)16(9-12)25-11-17(23)21-13-3-1-4-14(10-13)22-8-2-5-18(22)24/h1,3-4,6-7,9-10H,2,5,8,11H2,(H,21,23). The highest BCUT2D eigenvalue weighted by Gasteiger charge is 2.21. The molecule has 130 valence electrons. The van der Waals surface area contributed by atoms with Gasteiger partial charge in [0.15, 0.2) is 0 Å². The zero-order valence-electron chi connectivity index (χ0n) is 13.3. The molecule has 0 saturated carbocycles. The minimum Gasteiger partial charge on any atom is -0.325 e. The molecule has 1 aliphatic heterocycles. The highest BCUT2D eigenvalue weighted by Crippen LogP contribution is 2.25. The summed E-state index contributed by atoms with van der Waals surface area (Å²) in [6.07, 6.45) is 1.36. The maximum atomic E-state index is 13.6. The van der Waals surface area contributed by atoms with Crippen molar-refractivity contribution in [3.63, 3.8) is 0 Å². The lowest BCUT2D eigenvalue weighted by Crippen LogP contribution is -2.23. The number of hydrogen-bond donors (Lipinski definition) is 1. The van der Waals surface area contributed by atoms with E-state index in [0.29, 0.717) is 18.7 Å². The van der Waals surface area contributed by atoms with Crippen LogP contribution in [0.1, 0.15) is 12.8 Å². The quantitative estimate of drug-likeness (QED) is 0.823. The number of rotatable bonds is 5. The van der Waals surface area contributed by atoms with Crippen molar-refractivity contribution in [1.82, 2.24) is 0 Å². The van der Waals surface area contributed by atoms with Gasteiger partial charge in [-0.1, -0.05) is 6.07 Å². The van der Waals surface area contributed by atoms with Gasteiger partial charge in [-0.2, -0.15) is 0 Å². The predicted octanol–water partition coefficient (Wildman–Crippen LogP) is 3.82. The normalized spacial score (nSPS) is 14.0. The van der Waals surface area contributed by atoms with Crippen molar-refractivity contribution in [2.24, 2.45) is 0 Å². The summed E-state index contributed by atoms with van der Waals surface area (Å²) < 4.78 is 26.7. The van der Waals surface area contributed by atoms with Crippen molar-refractivity contribution in [3.05, 3.63) is 54.1 Å². The molecule has 1 N–H and O–H groups in total. The molecule has 2 amide bonds. The second-order valence-electron chi connectivity index (χ2n) is 5.61. The van der Waals surface area contributed by atoms with Crippen LogP contribution >= 0.6 is 11.8 Å². The molecule has 2 aromatic rings. The second kappa shape index (κ2) is 7.65. The van der Waals surface area contributed by atoms with Gasteiger partial charge in [-0.25, -0.2) is 8.78 Å². The summed E-state index contributed by atoms with van der Waals surface area (Å²) in [7, 11) is 0. The fourth-order valence-corrected chi connectivity index (χ4v) is 3.36. The van der Waals surface area contributed by atoms with Gasteiger partial charge in [-0.3, -0.25) is 9.59 Å². The van der Waals surface area contributed by atoms with Crippen LogP contribution in [0.3, 0.4) is 0 Å². The highest BCUT2D eigenvalue weighted by atomic mass is 32.2. The third-order valence-electron chi connectivity index (χ3n) is 3.77. The lowest BCUT2D eigenvalue weighted by Gasteiger charge is -2.16. The average Bonchev–Trinajstić information content (AvgIpc) is 3.02. The largest absolute Gasteiger partial charge is 0.325 e. The number of carbonyl (C=O) groups is 2. The Labute approximate surface area is 148 Å². The van der Waals surface area contributed by atoms with E-state index in [2.05, 4.69) is 5.32 Å². The Morgan fingerprint density at radius 1 is 1.20 bits per heavy atom. The highest BCUT2D eigenvalue weighted by molar-refractivity contribution is 8.00. The molecule has 0 bridgehead atoms. The topological polar surface area (TPSA) is 49.4 Å². The molecule has 0 unspecified atom stereocenters. The van der Waals surface area contributed by atoms with Crippen molar-refractivity contribution in [2.45, 2.75) is 17.7 Å². The van der Waals surface area contributed by atoms with Gasteiger partial charge in [0.2, 0.25) is 11.8 Å². The molecule has 1 saturated heterocycles. The van der Waals surface area contributed by atoms with E-state index in [0.717, 1.165) is 42.1 Å². The number of anilines is 2. The molecule has 0 atom stereocenters. The van der Waals surface area contributed by atoms with Crippen LogP contribution in [0, 0.1) is 11.6 Å². The molecular formula is C18H16F2N2O2S. The third-order valence-corrected chi connectivity index (χ3v) is 4.80. The number of thioether (sulfide) groups is 1. The van der Waals surface area contributed by atoms with E-state index in [1.807, 2.05) is 6.07 Å². The van der Waals surface area contributed by atoms with E-state index >= 15 is 0 Å². The van der Waals surface area contributed by atoms with Crippen LogP contribution in [-0.2, 0) is 9.59 Å². The molecule has 7 heteroatoms. The van der Waals surface area contributed by atoms with E-state index in [4.69, 9.17) is 0 Å². The Bertz CT molecular complexity index is 813. The number of hydrogen-bond acceptors (Lipinski definition) is 3. The maximum Gasteiger partial charge on any atom is 0.234 e. The van der Waals surface area contributed by atoms with Gasteiger partial charge in [-0.15, -0.1) is 11.8 Å². The molecule has 4 nitrogen and oxygen atoms in total. The van der Waals surface area contributed by atoms with Gasteiger partial charge in [0.05, 0.1) is 5.75 Å². The maximum absolute atomic E-state index is 13.6. The smallest absolute Gasteiger partial charge is 0.234 e. The molecule has 0 aliphatic carbocycles. The monoisotopic (exact) mass is 362 g/mol.